The van der Waals surface area contributed by atoms with Crippen LogP contribution in [-0.2, 0) is 17.6 Å². The first-order valence-electron chi connectivity index (χ1n) is 8.18. The molecule has 0 spiro atoms. The van der Waals surface area contributed by atoms with Crippen molar-refractivity contribution in [2.45, 2.75) is 25.7 Å². The van der Waals surface area contributed by atoms with Crippen LogP contribution in [0.25, 0.3) is 20.4 Å². The standard InChI is InChI=1S/C19H14Cl2N2OS2/c20-11-1-5-14-16(9-11)25-18(22-14)7-3-13(24)4-8-19-23-15-6-2-12(21)10-17(15)26-19/h1-2,5-6,9-10H,3-4,7-8H2. The van der Waals surface area contributed by atoms with Crippen molar-refractivity contribution in [3.8, 4) is 0 Å². The molecule has 0 amide bonds. The molecule has 0 saturated heterocycles. The number of aromatic nitrogens is 2. The van der Waals surface area contributed by atoms with Gasteiger partial charge in [-0.2, -0.15) is 0 Å². The average molecular weight is 421 g/mol. The maximum Gasteiger partial charge on any atom is 0.133 e. The van der Waals surface area contributed by atoms with Crippen LogP contribution in [0.2, 0.25) is 10.0 Å². The fourth-order valence-electron chi connectivity index (χ4n) is 2.72. The number of fused-ring (bicyclic) bond motifs is 2. The molecule has 26 heavy (non-hydrogen) atoms. The molecule has 0 fully saturated rings. The van der Waals surface area contributed by atoms with E-state index in [1.54, 1.807) is 22.7 Å². The summed E-state index contributed by atoms with van der Waals surface area (Å²) in [7, 11) is 0. The van der Waals surface area contributed by atoms with Crippen LogP contribution >= 0.6 is 45.9 Å². The van der Waals surface area contributed by atoms with Gasteiger partial charge in [0.25, 0.3) is 0 Å². The first kappa shape index (κ1) is 17.9. The second-order valence-electron chi connectivity index (χ2n) is 5.98. The summed E-state index contributed by atoms with van der Waals surface area (Å²) >= 11 is 15.2. The van der Waals surface area contributed by atoms with E-state index in [2.05, 4.69) is 9.97 Å². The third kappa shape index (κ3) is 4.07. The number of ketones is 1. The molecule has 0 aliphatic carbocycles. The van der Waals surface area contributed by atoms with Crippen molar-refractivity contribution in [1.82, 2.24) is 9.97 Å². The van der Waals surface area contributed by atoms with E-state index in [0.717, 1.165) is 30.4 Å². The number of halogens is 2. The Hall–Kier alpha value is -1.53. The summed E-state index contributed by atoms with van der Waals surface area (Å²) in [4.78, 5) is 21.4. The van der Waals surface area contributed by atoms with Crippen molar-refractivity contribution in [1.29, 1.82) is 0 Å². The monoisotopic (exact) mass is 420 g/mol. The highest BCUT2D eigenvalue weighted by atomic mass is 35.5. The van der Waals surface area contributed by atoms with Gasteiger partial charge in [-0.1, -0.05) is 23.2 Å². The zero-order valence-electron chi connectivity index (χ0n) is 13.7. The molecule has 0 unspecified atom stereocenters. The number of carbonyl (C=O) groups excluding carboxylic acids is 1. The fraction of sp³-hybridized carbons (Fsp3) is 0.211. The van der Waals surface area contributed by atoms with Gasteiger partial charge in [-0.25, -0.2) is 9.97 Å². The molecule has 0 aliphatic heterocycles. The van der Waals surface area contributed by atoms with E-state index in [9.17, 15) is 4.79 Å². The van der Waals surface area contributed by atoms with Crippen molar-refractivity contribution in [2.24, 2.45) is 0 Å². The molecule has 0 saturated carbocycles. The number of Topliss-reactive ketones (excluding diaryl/α,β-unsaturated/α-hetero) is 1. The summed E-state index contributed by atoms with van der Waals surface area (Å²) in [6, 6.07) is 11.3. The van der Waals surface area contributed by atoms with E-state index < -0.39 is 0 Å². The minimum atomic E-state index is 0.236. The predicted octanol–water partition coefficient (Wildman–Crippen LogP) is 6.35. The van der Waals surface area contributed by atoms with E-state index in [-0.39, 0.29) is 5.78 Å². The van der Waals surface area contributed by atoms with Crippen molar-refractivity contribution < 1.29 is 4.79 Å². The van der Waals surface area contributed by atoms with E-state index in [1.165, 1.54) is 0 Å². The van der Waals surface area contributed by atoms with Crippen molar-refractivity contribution in [3.63, 3.8) is 0 Å². The first-order chi connectivity index (χ1) is 12.6. The zero-order chi connectivity index (χ0) is 18.1. The Balaban J connectivity index is 1.34. The highest BCUT2D eigenvalue weighted by Crippen LogP contribution is 2.27. The molecule has 0 aliphatic rings. The van der Waals surface area contributed by atoms with Crippen molar-refractivity contribution in [3.05, 3.63) is 56.5 Å². The molecule has 0 radical (unpaired) electrons. The lowest BCUT2D eigenvalue weighted by molar-refractivity contribution is -0.119. The zero-order valence-corrected chi connectivity index (χ0v) is 16.8. The summed E-state index contributed by atoms with van der Waals surface area (Å²) in [5, 5.41) is 3.37. The third-order valence-corrected chi connectivity index (χ3v) is 6.65. The molecule has 7 heteroatoms. The SMILES string of the molecule is O=C(CCc1nc2ccc(Cl)cc2s1)CCc1nc2ccc(Cl)cc2s1. The van der Waals surface area contributed by atoms with Gasteiger partial charge in [0, 0.05) is 35.7 Å². The maximum absolute atomic E-state index is 12.2. The Morgan fingerprint density at radius 2 is 1.27 bits per heavy atom. The van der Waals surface area contributed by atoms with Crippen LogP contribution in [0.15, 0.2) is 36.4 Å². The van der Waals surface area contributed by atoms with Crippen LogP contribution in [0.3, 0.4) is 0 Å². The number of nitrogens with zero attached hydrogens (tertiary/aromatic N) is 2. The van der Waals surface area contributed by atoms with Gasteiger partial charge in [-0.15, -0.1) is 22.7 Å². The molecule has 2 aromatic heterocycles. The number of aryl methyl sites for hydroxylation is 2. The molecule has 4 aromatic rings. The first-order valence-corrected chi connectivity index (χ1v) is 10.6. The molecule has 0 N–H and O–H groups in total. The summed E-state index contributed by atoms with van der Waals surface area (Å²) in [6.07, 6.45) is 2.35. The van der Waals surface area contributed by atoms with Crippen LogP contribution in [-0.4, -0.2) is 15.8 Å². The summed E-state index contributed by atoms with van der Waals surface area (Å²) in [5.74, 6) is 0.236. The molecule has 132 valence electrons. The molecule has 3 nitrogen and oxygen atoms in total. The van der Waals surface area contributed by atoms with Gasteiger partial charge in [0.15, 0.2) is 0 Å². The van der Waals surface area contributed by atoms with E-state index in [0.29, 0.717) is 35.7 Å². The summed E-state index contributed by atoms with van der Waals surface area (Å²) < 4.78 is 2.13. The lowest BCUT2D eigenvalue weighted by Crippen LogP contribution is -2.01. The van der Waals surface area contributed by atoms with Crippen LogP contribution in [0.5, 0.6) is 0 Å². The molecular formula is C19H14Cl2N2OS2. The van der Waals surface area contributed by atoms with Gasteiger partial charge >= 0.3 is 0 Å². The van der Waals surface area contributed by atoms with Gasteiger partial charge in [0.05, 0.1) is 30.4 Å². The minimum Gasteiger partial charge on any atom is -0.300 e. The van der Waals surface area contributed by atoms with Crippen LogP contribution in [0.4, 0.5) is 0 Å². The fourth-order valence-corrected chi connectivity index (χ4v) is 5.21. The number of benzene rings is 2. The Morgan fingerprint density at radius 3 is 1.73 bits per heavy atom. The number of hydrogen-bond donors (Lipinski definition) is 0. The molecular weight excluding hydrogens is 407 g/mol. The lowest BCUT2D eigenvalue weighted by atomic mass is 10.1. The smallest absolute Gasteiger partial charge is 0.133 e. The minimum absolute atomic E-state index is 0.236. The Labute approximate surface area is 168 Å². The Morgan fingerprint density at radius 1 is 0.808 bits per heavy atom. The quantitative estimate of drug-likeness (QED) is 0.365. The summed E-state index contributed by atoms with van der Waals surface area (Å²) in [6.45, 7) is 0. The number of thiazole rings is 2. The van der Waals surface area contributed by atoms with E-state index in [1.807, 2.05) is 36.4 Å². The lowest BCUT2D eigenvalue weighted by Gasteiger charge is -1.97. The maximum atomic E-state index is 12.2. The Kier molecular flexibility index (Phi) is 5.23. The molecule has 2 aromatic carbocycles. The predicted molar refractivity (Wildman–Crippen MR) is 111 cm³/mol. The highest BCUT2D eigenvalue weighted by Gasteiger charge is 2.10. The van der Waals surface area contributed by atoms with Gasteiger partial charge < -0.3 is 0 Å². The van der Waals surface area contributed by atoms with Gasteiger partial charge in [0.2, 0.25) is 0 Å². The molecule has 4 rings (SSSR count). The van der Waals surface area contributed by atoms with Crippen molar-refractivity contribution in [2.75, 3.05) is 0 Å². The normalized spacial score (nSPS) is 11.5. The number of rotatable bonds is 6. The molecule has 0 atom stereocenters. The van der Waals surface area contributed by atoms with Gasteiger partial charge in [-0.05, 0) is 36.4 Å². The largest absolute Gasteiger partial charge is 0.300 e. The number of hydrogen-bond acceptors (Lipinski definition) is 5. The highest BCUT2D eigenvalue weighted by molar-refractivity contribution is 7.18. The third-order valence-electron chi connectivity index (χ3n) is 4.02. The van der Waals surface area contributed by atoms with Gasteiger partial charge in [-0.3, -0.25) is 4.79 Å². The van der Waals surface area contributed by atoms with Crippen LogP contribution in [0.1, 0.15) is 22.9 Å². The second-order valence-corrected chi connectivity index (χ2v) is 9.08. The van der Waals surface area contributed by atoms with E-state index >= 15 is 0 Å². The molecule has 0 bridgehead atoms. The van der Waals surface area contributed by atoms with Crippen LogP contribution in [0, 0.1) is 0 Å². The Bertz CT molecular complexity index is 1020. The topological polar surface area (TPSA) is 42.9 Å². The second kappa shape index (κ2) is 7.61. The number of carbonyl (C=O) groups is 1. The van der Waals surface area contributed by atoms with Crippen LogP contribution < -0.4 is 0 Å². The average Bonchev–Trinajstić information content (AvgIpc) is 3.20. The van der Waals surface area contributed by atoms with Gasteiger partial charge in [0.1, 0.15) is 5.78 Å². The summed E-state index contributed by atoms with van der Waals surface area (Å²) in [5.41, 5.74) is 1.88. The van der Waals surface area contributed by atoms with E-state index in [4.69, 9.17) is 23.2 Å². The molecule has 2 heterocycles. The van der Waals surface area contributed by atoms with Crippen molar-refractivity contribution >= 4 is 72.1 Å².